The average molecular weight is 293 g/mol. The molecule has 5 nitrogen and oxygen atoms in total. The van der Waals surface area contributed by atoms with E-state index in [2.05, 4.69) is 21.6 Å². The van der Waals surface area contributed by atoms with Gasteiger partial charge in [-0.05, 0) is 38.3 Å². The van der Waals surface area contributed by atoms with Crippen molar-refractivity contribution >= 4 is 5.91 Å². The second-order valence-electron chi connectivity index (χ2n) is 5.16. The van der Waals surface area contributed by atoms with Crippen LogP contribution in [0.1, 0.15) is 24.9 Å². The maximum Gasteiger partial charge on any atom is 0.221 e. The molecular weight excluding hydrogens is 266 g/mol. The summed E-state index contributed by atoms with van der Waals surface area (Å²) in [6, 6.07) is 8.08. The molecule has 0 aliphatic carbocycles. The number of hydrogen-bond donors (Lipinski definition) is 2. The van der Waals surface area contributed by atoms with E-state index in [4.69, 9.17) is 4.74 Å². The molecule has 1 aromatic carbocycles. The van der Waals surface area contributed by atoms with E-state index >= 15 is 0 Å². The second kappa shape index (κ2) is 9.37. The van der Waals surface area contributed by atoms with E-state index in [0.29, 0.717) is 19.5 Å². The van der Waals surface area contributed by atoms with Gasteiger partial charge in [-0.1, -0.05) is 19.1 Å². The van der Waals surface area contributed by atoms with Gasteiger partial charge in [0.05, 0.1) is 13.2 Å². The fraction of sp³-hybridized carbons (Fsp3) is 0.562. The molecule has 5 heteroatoms. The Bertz CT molecular complexity index is 435. The van der Waals surface area contributed by atoms with Crippen LogP contribution in [0.15, 0.2) is 24.3 Å². The molecule has 0 saturated carbocycles. The number of carbonyl (C=O) groups excluding carboxylic acids is 1. The zero-order chi connectivity index (χ0) is 15.7. The monoisotopic (exact) mass is 293 g/mol. The van der Waals surface area contributed by atoms with Crippen molar-refractivity contribution in [1.29, 1.82) is 0 Å². The van der Waals surface area contributed by atoms with Crippen molar-refractivity contribution in [1.82, 2.24) is 15.5 Å². The van der Waals surface area contributed by atoms with Gasteiger partial charge in [0.15, 0.2) is 0 Å². The molecule has 0 aliphatic heterocycles. The first kappa shape index (κ1) is 17.5. The van der Waals surface area contributed by atoms with Crippen LogP contribution in [0.25, 0.3) is 0 Å². The van der Waals surface area contributed by atoms with Gasteiger partial charge < -0.3 is 20.3 Å². The first-order valence-corrected chi connectivity index (χ1v) is 7.36. The number of nitrogens with one attached hydrogen (secondary N) is 2. The normalized spacial score (nSPS) is 12.2. The predicted octanol–water partition coefficient (Wildman–Crippen LogP) is 1.41. The summed E-state index contributed by atoms with van der Waals surface area (Å²) in [7, 11) is 5.68. The Labute approximate surface area is 127 Å². The summed E-state index contributed by atoms with van der Waals surface area (Å²) < 4.78 is 5.26. The molecule has 0 heterocycles. The maximum atomic E-state index is 11.8. The molecule has 0 fully saturated rings. The lowest BCUT2D eigenvalue weighted by Gasteiger charge is -2.25. The molecule has 0 bridgehead atoms. The maximum absolute atomic E-state index is 11.8. The Morgan fingerprint density at radius 2 is 2.14 bits per heavy atom. The van der Waals surface area contributed by atoms with Gasteiger partial charge in [0.25, 0.3) is 0 Å². The Morgan fingerprint density at radius 1 is 1.38 bits per heavy atom. The third-order valence-corrected chi connectivity index (χ3v) is 3.37. The Kier molecular flexibility index (Phi) is 7.79. The summed E-state index contributed by atoms with van der Waals surface area (Å²) in [5, 5.41) is 6.15. The van der Waals surface area contributed by atoms with E-state index < -0.39 is 0 Å². The Morgan fingerprint density at radius 3 is 2.76 bits per heavy atom. The van der Waals surface area contributed by atoms with Gasteiger partial charge in [0, 0.05) is 19.5 Å². The van der Waals surface area contributed by atoms with Crippen LogP contribution in [-0.2, 0) is 4.79 Å². The number of likely N-dealkylation sites (N-methyl/N-ethyl adjacent to an activating group) is 1. The van der Waals surface area contributed by atoms with Gasteiger partial charge in [-0.3, -0.25) is 4.79 Å². The third kappa shape index (κ3) is 6.14. The molecule has 21 heavy (non-hydrogen) atoms. The quantitative estimate of drug-likeness (QED) is 0.676. The number of hydrogen-bond acceptors (Lipinski definition) is 4. The van der Waals surface area contributed by atoms with E-state index in [0.717, 1.165) is 17.9 Å². The largest absolute Gasteiger partial charge is 0.497 e. The zero-order valence-corrected chi connectivity index (χ0v) is 13.5. The van der Waals surface area contributed by atoms with Gasteiger partial charge in [-0.15, -0.1) is 0 Å². The number of rotatable bonds is 9. The second-order valence-corrected chi connectivity index (χ2v) is 5.16. The number of nitrogens with zero attached hydrogens (tertiary/aromatic N) is 1. The van der Waals surface area contributed by atoms with Crippen LogP contribution >= 0.6 is 0 Å². The fourth-order valence-electron chi connectivity index (χ4n) is 2.12. The molecule has 1 rings (SSSR count). The number of carbonyl (C=O) groups is 1. The van der Waals surface area contributed by atoms with Crippen molar-refractivity contribution in [3.05, 3.63) is 29.8 Å². The molecule has 1 aromatic rings. The summed E-state index contributed by atoms with van der Waals surface area (Å²) in [6.45, 7) is 4.22. The lowest BCUT2D eigenvalue weighted by atomic mass is 10.1. The molecule has 0 saturated heterocycles. The Hall–Kier alpha value is -1.59. The molecule has 1 unspecified atom stereocenters. The standard InChI is InChI=1S/C16H27N3O2/c1-5-17-10-9-16(20)18-12-15(19(2)3)13-7-6-8-14(11-13)21-4/h6-8,11,15,17H,5,9-10,12H2,1-4H3,(H,18,20). The SMILES string of the molecule is CCNCCC(=O)NCC(c1cccc(OC)c1)N(C)C. The van der Waals surface area contributed by atoms with Crippen LogP contribution < -0.4 is 15.4 Å². The molecule has 1 atom stereocenters. The van der Waals surface area contributed by atoms with Crippen molar-refractivity contribution in [3.63, 3.8) is 0 Å². The van der Waals surface area contributed by atoms with Crippen LogP contribution in [0.4, 0.5) is 0 Å². The molecule has 0 radical (unpaired) electrons. The first-order valence-electron chi connectivity index (χ1n) is 7.36. The topological polar surface area (TPSA) is 53.6 Å². The highest BCUT2D eigenvalue weighted by atomic mass is 16.5. The number of ether oxygens (including phenoxy) is 1. The summed E-state index contributed by atoms with van der Waals surface area (Å²) >= 11 is 0. The summed E-state index contributed by atoms with van der Waals surface area (Å²) in [6.07, 6.45) is 0.506. The van der Waals surface area contributed by atoms with Crippen molar-refractivity contribution in [2.24, 2.45) is 0 Å². The minimum absolute atomic E-state index is 0.0747. The molecule has 2 N–H and O–H groups in total. The highest BCUT2D eigenvalue weighted by molar-refractivity contribution is 5.76. The van der Waals surface area contributed by atoms with Gasteiger partial charge >= 0.3 is 0 Å². The van der Waals surface area contributed by atoms with E-state index in [-0.39, 0.29) is 11.9 Å². The first-order chi connectivity index (χ1) is 10.1. The molecule has 1 amide bonds. The fourth-order valence-corrected chi connectivity index (χ4v) is 2.12. The van der Waals surface area contributed by atoms with Crippen molar-refractivity contribution in [3.8, 4) is 5.75 Å². The number of methoxy groups -OCH3 is 1. The lowest BCUT2D eigenvalue weighted by molar-refractivity contribution is -0.121. The molecular formula is C16H27N3O2. The predicted molar refractivity (Wildman–Crippen MR) is 85.6 cm³/mol. The molecule has 0 spiro atoms. The third-order valence-electron chi connectivity index (χ3n) is 3.37. The smallest absolute Gasteiger partial charge is 0.221 e. The average Bonchev–Trinajstić information content (AvgIpc) is 2.47. The van der Waals surface area contributed by atoms with Crippen LogP contribution in [-0.4, -0.2) is 51.6 Å². The number of amides is 1. The lowest BCUT2D eigenvalue weighted by Crippen LogP contribution is -2.35. The van der Waals surface area contributed by atoms with Gasteiger partial charge in [0.1, 0.15) is 5.75 Å². The van der Waals surface area contributed by atoms with Crippen LogP contribution in [0.3, 0.4) is 0 Å². The molecule has 0 aliphatic rings. The highest BCUT2D eigenvalue weighted by Crippen LogP contribution is 2.22. The van der Waals surface area contributed by atoms with Gasteiger partial charge in [-0.2, -0.15) is 0 Å². The molecule has 0 aromatic heterocycles. The van der Waals surface area contributed by atoms with Crippen LogP contribution in [0, 0.1) is 0 Å². The minimum Gasteiger partial charge on any atom is -0.497 e. The zero-order valence-electron chi connectivity index (χ0n) is 13.5. The van der Waals surface area contributed by atoms with E-state index in [1.807, 2.05) is 39.2 Å². The van der Waals surface area contributed by atoms with Crippen LogP contribution in [0.5, 0.6) is 5.75 Å². The van der Waals surface area contributed by atoms with Gasteiger partial charge in [-0.25, -0.2) is 0 Å². The minimum atomic E-state index is 0.0747. The number of benzene rings is 1. The van der Waals surface area contributed by atoms with E-state index in [1.165, 1.54) is 0 Å². The van der Waals surface area contributed by atoms with Crippen molar-refractivity contribution < 1.29 is 9.53 Å². The van der Waals surface area contributed by atoms with Gasteiger partial charge in [0.2, 0.25) is 5.91 Å². The summed E-state index contributed by atoms with van der Waals surface area (Å²) in [4.78, 5) is 13.9. The van der Waals surface area contributed by atoms with E-state index in [1.54, 1.807) is 7.11 Å². The summed E-state index contributed by atoms with van der Waals surface area (Å²) in [5.74, 6) is 0.906. The van der Waals surface area contributed by atoms with Crippen molar-refractivity contribution in [2.45, 2.75) is 19.4 Å². The van der Waals surface area contributed by atoms with Crippen molar-refractivity contribution in [2.75, 3.05) is 40.8 Å². The highest BCUT2D eigenvalue weighted by Gasteiger charge is 2.15. The van der Waals surface area contributed by atoms with E-state index in [9.17, 15) is 4.79 Å². The summed E-state index contributed by atoms with van der Waals surface area (Å²) in [5.41, 5.74) is 1.13. The van der Waals surface area contributed by atoms with Crippen LogP contribution in [0.2, 0.25) is 0 Å². The Balaban J connectivity index is 2.59. The molecule has 118 valence electrons.